The highest BCUT2D eigenvalue weighted by Gasteiger charge is 2.31. The van der Waals surface area contributed by atoms with Gasteiger partial charge in [-0.15, -0.1) is 0 Å². The molecule has 9 nitrogen and oxygen atoms in total. The van der Waals surface area contributed by atoms with E-state index >= 15 is 0 Å². The van der Waals surface area contributed by atoms with E-state index in [1.54, 1.807) is 0 Å². The number of hydrogen-bond acceptors (Lipinski definition) is 8. The Balaban J connectivity index is 1.47. The zero-order valence-corrected chi connectivity index (χ0v) is 15.7. The van der Waals surface area contributed by atoms with Gasteiger partial charge >= 0.3 is 0 Å². The summed E-state index contributed by atoms with van der Waals surface area (Å²) in [5, 5.41) is 12.4. The van der Waals surface area contributed by atoms with Gasteiger partial charge in [0.15, 0.2) is 0 Å². The van der Waals surface area contributed by atoms with Crippen molar-refractivity contribution in [1.29, 1.82) is 0 Å². The number of aromatic hydroxyl groups is 1. The van der Waals surface area contributed by atoms with E-state index in [9.17, 15) is 9.90 Å². The molecule has 0 unspecified atom stereocenters. The van der Waals surface area contributed by atoms with E-state index in [4.69, 9.17) is 9.73 Å². The molecule has 1 amide bonds. The summed E-state index contributed by atoms with van der Waals surface area (Å²) in [5.74, 6) is 0.799. The average molecular weight is 392 g/mol. The minimum absolute atomic E-state index is 0.0628. The highest BCUT2D eigenvalue weighted by molar-refractivity contribution is 6.19. The van der Waals surface area contributed by atoms with Crippen molar-refractivity contribution in [3.63, 3.8) is 0 Å². The van der Waals surface area contributed by atoms with Gasteiger partial charge in [0.25, 0.3) is 5.91 Å². The molecule has 1 aromatic heterocycles. The van der Waals surface area contributed by atoms with Crippen molar-refractivity contribution in [2.24, 2.45) is 9.98 Å². The number of anilines is 1. The number of guanidine groups is 1. The minimum Gasteiger partial charge on any atom is -0.506 e. The van der Waals surface area contributed by atoms with Crippen molar-refractivity contribution >= 4 is 29.1 Å². The lowest BCUT2D eigenvalue weighted by atomic mass is 10.1. The molecule has 0 radical (unpaired) electrons. The molecule has 1 aromatic carbocycles. The van der Waals surface area contributed by atoms with Gasteiger partial charge in [-0.1, -0.05) is 0 Å². The summed E-state index contributed by atoms with van der Waals surface area (Å²) in [7, 11) is 0. The monoisotopic (exact) mass is 392 g/mol. The molecule has 0 saturated carbocycles. The Kier molecular flexibility index (Phi) is 4.36. The number of nitrogens with one attached hydrogen (secondary N) is 1. The van der Waals surface area contributed by atoms with Crippen LogP contribution in [0.15, 0.2) is 46.6 Å². The fourth-order valence-electron chi connectivity index (χ4n) is 3.70. The largest absolute Gasteiger partial charge is 0.506 e. The number of hydrogen-bond donors (Lipinski definition) is 2. The fourth-order valence-corrected chi connectivity index (χ4v) is 3.70. The second kappa shape index (κ2) is 7.17. The van der Waals surface area contributed by atoms with Gasteiger partial charge in [0, 0.05) is 37.1 Å². The molecule has 2 N–H and O–H groups in total. The fraction of sp³-hybridized carbons (Fsp3) is 0.300. The average Bonchev–Trinajstić information content (AvgIpc) is 3.24. The van der Waals surface area contributed by atoms with Gasteiger partial charge in [0.1, 0.15) is 11.6 Å². The molecule has 9 heteroatoms. The molecule has 29 heavy (non-hydrogen) atoms. The number of ether oxygens (including phenoxy) is 1. The Morgan fingerprint density at radius 1 is 1.14 bits per heavy atom. The van der Waals surface area contributed by atoms with E-state index in [0.717, 1.165) is 35.9 Å². The molecule has 0 aliphatic carbocycles. The number of rotatable bonds is 2. The number of fused-ring (bicyclic) bond motifs is 3. The number of aromatic nitrogens is 1. The smallest absolute Gasteiger partial charge is 0.259 e. The molecule has 5 rings (SSSR count). The maximum atomic E-state index is 12.6. The Hall–Kier alpha value is -3.46. The van der Waals surface area contributed by atoms with Crippen LogP contribution < -0.4 is 10.2 Å². The van der Waals surface area contributed by atoms with Crippen molar-refractivity contribution in [2.75, 3.05) is 44.3 Å². The van der Waals surface area contributed by atoms with Crippen molar-refractivity contribution in [3.05, 3.63) is 47.8 Å². The lowest BCUT2D eigenvalue weighted by molar-refractivity contribution is 0.0973. The van der Waals surface area contributed by atoms with Crippen molar-refractivity contribution in [1.82, 2.24) is 15.2 Å². The third kappa shape index (κ3) is 3.29. The third-order valence-electron chi connectivity index (χ3n) is 5.13. The van der Waals surface area contributed by atoms with Crippen LogP contribution in [0.25, 0.3) is 0 Å². The van der Waals surface area contributed by atoms with E-state index in [1.807, 2.05) is 17.0 Å². The van der Waals surface area contributed by atoms with Gasteiger partial charge in [-0.05, 0) is 24.3 Å². The van der Waals surface area contributed by atoms with Crippen LogP contribution >= 0.6 is 0 Å². The number of morpholine rings is 1. The van der Waals surface area contributed by atoms with E-state index in [-0.39, 0.29) is 17.2 Å². The lowest BCUT2D eigenvalue weighted by Crippen LogP contribution is -2.47. The van der Waals surface area contributed by atoms with E-state index < -0.39 is 0 Å². The van der Waals surface area contributed by atoms with Gasteiger partial charge in [0.2, 0.25) is 5.96 Å². The summed E-state index contributed by atoms with van der Waals surface area (Å²) in [6.07, 6.45) is 2.69. The van der Waals surface area contributed by atoms with Crippen LogP contribution in [0.1, 0.15) is 15.9 Å². The normalized spacial score (nSPS) is 17.9. The predicted molar refractivity (Wildman–Crippen MR) is 108 cm³/mol. The summed E-state index contributed by atoms with van der Waals surface area (Å²) in [4.78, 5) is 30.0. The topological polar surface area (TPSA) is 103 Å². The van der Waals surface area contributed by atoms with Gasteiger partial charge < -0.3 is 14.7 Å². The summed E-state index contributed by atoms with van der Waals surface area (Å²) in [5.41, 5.74) is 3.07. The standard InChI is InChI=1S/C20H20N6O3/c27-15-9-13(11-21-12-15)19(28)24-20-23-17-10-14(25-5-7-29-8-6-25)1-2-16(17)18-22-3-4-26(18)20/h1-2,9-12,27H,3-8H2,(H,23,24,28). The number of benzene rings is 1. The van der Waals surface area contributed by atoms with E-state index in [1.165, 1.54) is 18.5 Å². The molecule has 4 heterocycles. The van der Waals surface area contributed by atoms with Crippen LogP contribution in [0.2, 0.25) is 0 Å². The number of carbonyl (C=O) groups is 1. The number of pyridine rings is 1. The molecule has 1 fully saturated rings. The number of nitrogens with zero attached hydrogens (tertiary/aromatic N) is 5. The van der Waals surface area contributed by atoms with E-state index in [2.05, 4.69) is 26.3 Å². The molecule has 3 aliphatic rings. The second-order valence-corrected chi connectivity index (χ2v) is 6.98. The molecule has 2 aromatic rings. The zero-order valence-electron chi connectivity index (χ0n) is 15.7. The first-order valence-corrected chi connectivity index (χ1v) is 9.52. The first kappa shape index (κ1) is 17.6. The Morgan fingerprint density at radius 3 is 2.83 bits per heavy atom. The summed E-state index contributed by atoms with van der Waals surface area (Å²) in [6.45, 7) is 4.38. The Morgan fingerprint density at radius 2 is 2.00 bits per heavy atom. The van der Waals surface area contributed by atoms with Crippen LogP contribution in [0, 0.1) is 0 Å². The SMILES string of the molecule is O=C(NC1=Nc2cc(N3CCOCC3)ccc2C2=NCCN12)c1cncc(O)c1. The van der Waals surface area contributed by atoms with E-state index in [0.29, 0.717) is 32.3 Å². The summed E-state index contributed by atoms with van der Waals surface area (Å²) in [6, 6.07) is 7.52. The molecule has 148 valence electrons. The molecule has 0 atom stereocenters. The van der Waals surface area contributed by atoms with Crippen molar-refractivity contribution < 1.29 is 14.6 Å². The van der Waals surface area contributed by atoms with Crippen molar-refractivity contribution in [3.8, 4) is 5.75 Å². The molecule has 3 aliphatic heterocycles. The van der Waals surface area contributed by atoms with Gasteiger partial charge in [0.05, 0.1) is 37.2 Å². The Labute approximate surface area is 167 Å². The zero-order chi connectivity index (χ0) is 19.8. The first-order chi connectivity index (χ1) is 14.2. The Bertz CT molecular complexity index is 1030. The summed E-state index contributed by atoms with van der Waals surface area (Å²) < 4.78 is 5.44. The number of amidine groups is 1. The number of carbonyl (C=O) groups excluding carboxylic acids is 1. The molecular weight excluding hydrogens is 372 g/mol. The predicted octanol–water partition coefficient (Wildman–Crippen LogP) is 1.12. The maximum absolute atomic E-state index is 12.6. The lowest BCUT2D eigenvalue weighted by Gasteiger charge is -2.31. The highest BCUT2D eigenvalue weighted by Crippen LogP contribution is 2.32. The second-order valence-electron chi connectivity index (χ2n) is 6.98. The van der Waals surface area contributed by atoms with Crippen LogP contribution in [0.5, 0.6) is 5.75 Å². The van der Waals surface area contributed by atoms with Crippen LogP contribution in [0.4, 0.5) is 11.4 Å². The number of aliphatic imine (C=N–C) groups is 2. The number of amides is 1. The van der Waals surface area contributed by atoms with Crippen LogP contribution in [-0.2, 0) is 4.74 Å². The van der Waals surface area contributed by atoms with Crippen molar-refractivity contribution in [2.45, 2.75) is 0 Å². The first-order valence-electron chi connectivity index (χ1n) is 9.52. The van der Waals surface area contributed by atoms with Gasteiger partial charge in [-0.2, -0.15) is 0 Å². The molecular formula is C20H20N6O3. The van der Waals surface area contributed by atoms with Crippen LogP contribution in [0.3, 0.4) is 0 Å². The molecule has 0 bridgehead atoms. The highest BCUT2D eigenvalue weighted by atomic mass is 16.5. The maximum Gasteiger partial charge on any atom is 0.259 e. The molecule has 1 saturated heterocycles. The molecule has 0 spiro atoms. The van der Waals surface area contributed by atoms with Crippen LogP contribution in [-0.4, -0.2) is 72.1 Å². The van der Waals surface area contributed by atoms with Gasteiger partial charge in [-0.3, -0.25) is 25.0 Å². The van der Waals surface area contributed by atoms with Gasteiger partial charge in [-0.25, -0.2) is 4.99 Å². The third-order valence-corrected chi connectivity index (χ3v) is 5.13. The minimum atomic E-state index is -0.383. The summed E-state index contributed by atoms with van der Waals surface area (Å²) >= 11 is 0. The quantitative estimate of drug-likeness (QED) is 0.794.